The average Bonchev–Trinajstić information content (AvgIpc) is 2.28. The second kappa shape index (κ2) is 9.97. The molecule has 92 valence electrons. The zero-order valence-electron chi connectivity index (χ0n) is 11.1. The van der Waals surface area contributed by atoms with Gasteiger partial charge in [-0.05, 0) is 13.3 Å². The number of hydrogen-bond donors (Lipinski definition) is 1. The summed E-state index contributed by atoms with van der Waals surface area (Å²) in [5.41, 5.74) is -0.241. The highest BCUT2D eigenvalue weighted by Crippen LogP contribution is 2.26. The molecule has 0 aliphatic carbocycles. The molecule has 1 aliphatic heterocycles. The van der Waals surface area contributed by atoms with E-state index in [1.165, 1.54) is 0 Å². The Kier molecular flexibility index (Phi) is 11.2. The first-order valence-corrected chi connectivity index (χ1v) is 6.05. The number of carbonyl (C=O) groups is 1. The van der Waals surface area contributed by atoms with Gasteiger partial charge in [0.1, 0.15) is 0 Å². The minimum absolute atomic E-state index is 0.130. The highest BCUT2D eigenvalue weighted by Gasteiger charge is 2.40. The molecular formula is C12H27NO2. The van der Waals surface area contributed by atoms with Gasteiger partial charge in [-0.15, -0.1) is 0 Å². The Labute approximate surface area is 94.6 Å². The van der Waals surface area contributed by atoms with Gasteiger partial charge in [-0.25, -0.2) is 0 Å². The molecule has 1 fully saturated rings. The maximum absolute atomic E-state index is 11.3. The van der Waals surface area contributed by atoms with Gasteiger partial charge in [0.25, 0.3) is 0 Å². The van der Waals surface area contributed by atoms with E-state index in [2.05, 4.69) is 5.32 Å². The summed E-state index contributed by atoms with van der Waals surface area (Å²) in [6.07, 6.45) is 0.989. The van der Waals surface area contributed by atoms with Gasteiger partial charge in [-0.3, -0.25) is 4.79 Å². The molecule has 0 spiro atoms. The fourth-order valence-corrected chi connectivity index (χ4v) is 0.991. The van der Waals surface area contributed by atoms with Crippen LogP contribution in [-0.4, -0.2) is 25.7 Å². The summed E-state index contributed by atoms with van der Waals surface area (Å²) in [5, 5.41) is 2.86. The lowest BCUT2D eigenvalue weighted by molar-refractivity contribution is -0.157. The van der Waals surface area contributed by atoms with E-state index in [1.54, 1.807) is 0 Å². The van der Waals surface area contributed by atoms with Crippen LogP contribution in [0.25, 0.3) is 0 Å². The molecule has 0 unspecified atom stereocenters. The SMILES string of the molecule is CC.CC.CCCNC(=O)C1(C)COC1. The van der Waals surface area contributed by atoms with Crippen LogP contribution in [0, 0.1) is 5.41 Å². The smallest absolute Gasteiger partial charge is 0.230 e. The number of carbonyl (C=O) groups excluding carboxylic acids is 1. The quantitative estimate of drug-likeness (QED) is 0.789. The normalized spacial score (nSPS) is 15.9. The van der Waals surface area contributed by atoms with Gasteiger partial charge in [0.2, 0.25) is 5.91 Å². The van der Waals surface area contributed by atoms with E-state index in [9.17, 15) is 4.79 Å². The molecule has 1 heterocycles. The van der Waals surface area contributed by atoms with E-state index in [0.29, 0.717) is 13.2 Å². The molecule has 3 nitrogen and oxygen atoms in total. The lowest BCUT2D eigenvalue weighted by Gasteiger charge is -2.36. The first-order valence-electron chi connectivity index (χ1n) is 6.05. The van der Waals surface area contributed by atoms with E-state index >= 15 is 0 Å². The molecule has 0 atom stereocenters. The second-order valence-corrected chi connectivity index (χ2v) is 3.31. The Balaban J connectivity index is 0. The summed E-state index contributed by atoms with van der Waals surface area (Å²) >= 11 is 0. The maximum atomic E-state index is 11.3. The predicted molar refractivity (Wildman–Crippen MR) is 64.9 cm³/mol. The van der Waals surface area contributed by atoms with Gasteiger partial charge in [-0.2, -0.15) is 0 Å². The van der Waals surface area contributed by atoms with Crippen LogP contribution in [0.2, 0.25) is 0 Å². The van der Waals surface area contributed by atoms with Crippen molar-refractivity contribution in [2.45, 2.75) is 48.0 Å². The highest BCUT2D eigenvalue weighted by atomic mass is 16.5. The van der Waals surface area contributed by atoms with E-state index in [1.807, 2.05) is 41.5 Å². The molecule has 0 bridgehead atoms. The van der Waals surface area contributed by atoms with Crippen LogP contribution in [0.3, 0.4) is 0 Å². The summed E-state index contributed by atoms with van der Waals surface area (Å²) in [5.74, 6) is 0.130. The number of amides is 1. The third-order valence-electron chi connectivity index (χ3n) is 1.92. The molecule has 0 aromatic carbocycles. The molecule has 0 radical (unpaired) electrons. The van der Waals surface area contributed by atoms with E-state index in [-0.39, 0.29) is 11.3 Å². The minimum Gasteiger partial charge on any atom is -0.379 e. The van der Waals surface area contributed by atoms with Crippen LogP contribution < -0.4 is 5.32 Å². The van der Waals surface area contributed by atoms with Gasteiger partial charge >= 0.3 is 0 Å². The van der Waals surface area contributed by atoms with Crippen molar-refractivity contribution in [1.82, 2.24) is 5.32 Å². The topological polar surface area (TPSA) is 38.3 Å². The van der Waals surface area contributed by atoms with Crippen molar-refractivity contribution in [3.8, 4) is 0 Å². The minimum atomic E-state index is -0.241. The summed E-state index contributed by atoms with van der Waals surface area (Å²) < 4.78 is 4.98. The molecule has 0 aromatic rings. The molecule has 1 aliphatic rings. The van der Waals surface area contributed by atoms with Crippen molar-refractivity contribution < 1.29 is 9.53 Å². The number of hydrogen-bond acceptors (Lipinski definition) is 2. The Morgan fingerprint density at radius 2 is 1.73 bits per heavy atom. The van der Waals surface area contributed by atoms with Crippen molar-refractivity contribution in [3.63, 3.8) is 0 Å². The van der Waals surface area contributed by atoms with Crippen molar-refractivity contribution in [2.75, 3.05) is 19.8 Å². The molecule has 0 saturated carbocycles. The van der Waals surface area contributed by atoms with Crippen LogP contribution >= 0.6 is 0 Å². The molecule has 1 N–H and O–H groups in total. The average molecular weight is 217 g/mol. The van der Waals surface area contributed by atoms with Gasteiger partial charge in [0.05, 0.1) is 18.6 Å². The Hall–Kier alpha value is -0.570. The van der Waals surface area contributed by atoms with Gasteiger partial charge in [-0.1, -0.05) is 34.6 Å². The fraction of sp³-hybridized carbons (Fsp3) is 0.917. The summed E-state index contributed by atoms with van der Waals surface area (Å²) in [7, 11) is 0. The molecular weight excluding hydrogens is 190 g/mol. The van der Waals surface area contributed by atoms with Gasteiger partial charge in [0, 0.05) is 6.54 Å². The largest absolute Gasteiger partial charge is 0.379 e. The molecule has 1 rings (SSSR count). The lowest BCUT2D eigenvalue weighted by Crippen LogP contribution is -2.52. The zero-order chi connectivity index (χ0) is 12.3. The van der Waals surface area contributed by atoms with E-state index in [4.69, 9.17) is 4.74 Å². The summed E-state index contributed by atoms with van der Waals surface area (Å²) in [6, 6.07) is 0. The molecule has 3 heteroatoms. The van der Waals surface area contributed by atoms with Crippen LogP contribution in [0.15, 0.2) is 0 Å². The van der Waals surface area contributed by atoms with Gasteiger partial charge < -0.3 is 10.1 Å². The van der Waals surface area contributed by atoms with E-state index < -0.39 is 0 Å². The van der Waals surface area contributed by atoms with Crippen LogP contribution in [-0.2, 0) is 9.53 Å². The number of nitrogens with one attached hydrogen (secondary N) is 1. The predicted octanol–water partition coefficient (Wildman–Crippen LogP) is 2.60. The molecule has 0 aromatic heterocycles. The van der Waals surface area contributed by atoms with Crippen LogP contribution in [0.4, 0.5) is 0 Å². The maximum Gasteiger partial charge on any atom is 0.230 e. The first kappa shape index (κ1) is 16.8. The van der Waals surface area contributed by atoms with Gasteiger partial charge in [0.15, 0.2) is 0 Å². The summed E-state index contributed by atoms with van der Waals surface area (Å²) in [4.78, 5) is 11.3. The monoisotopic (exact) mass is 217 g/mol. The highest BCUT2D eigenvalue weighted by molar-refractivity contribution is 5.83. The third-order valence-corrected chi connectivity index (χ3v) is 1.92. The fourth-order valence-electron chi connectivity index (χ4n) is 0.991. The number of rotatable bonds is 3. The molecule has 1 amide bonds. The second-order valence-electron chi connectivity index (χ2n) is 3.31. The molecule has 15 heavy (non-hydrogen) atoms. The van der Waals surface area contributed by atoms with Crippen molar-refractivity contribution >= 4 is 5.91 Å². The zero-order valence-corrected chi connectivity index (χ0v) is 11.1. The first-order chi connectivity index (χ1) is 7.19. The lowest BCUT2D eigenvalue weighted by atomic mass is 9.88. The van der Waals surface area contributed by atoms with Crippen LogP contribution in [0.5, 0.6) is 0 Å². The molecule has 1 saturated heterocycles. The Morgan fingerprint density at radius 1 is 1.27 bits per heavy atom. The van der Waals surface area contributed by atoms with Crippen LogP contribution in [0.1, 0.15) is 48.0 Å². The van der Waals surface area contributed by atoms with E-state index in [0.717, 1.165) is 13.0 Å². The standard InChI is InChI=1S/C8H15NO2.2C2H6/c1-3-4-9-7(10)8(2)5-11-6-8;2*1-2/h3-6H2,1-2H3,(H,9,10);2*1-2H3. The third kappa shape index (κ3) is 5.78. The number of ether oxygens (including phenoxy) is 1. The van der Waals surface area contributed by atoms with Crippen molar-refractivity contribution in [3.05, 3.63) is 0 Å². The van der Waals surface area contributed by atoms with Crippen molar-refractivity contribution in [1.29, 1.82) is 0 Å². The Bertz CT molecular complexity index is 154. The van der Waals surface area contributed by atoms with Crippen molar-refractivity contribution in [2.24, 2.45) is 5.41 Å². The summed E-state index contributed by atoms with van der Waals surface area (Å²) in [6.45, 7) is 13.9. The Morgan fingerprint density at radius 3 is 2.00 bits per heavy atom.